The molecule has 8 heteroatoms. The van der Waals surface area contributed by atoms with E-state index < -0.39 is 12.8 Å². The highest BCUT2D eigenvalue weighted by atomic mass is 19.4. The van der Waals surface area contributed by atoms with Gasteiger partial charge in [0.1, 0.15) is 12.4 Å². The maximum absolute atomic E-state index is 11.8. The molecule has 0 fully saturated rings. The number of benzene rings is 1. The fourth-order valence-electron chi connectivity index (χ4n) is 1.49. The first kappa shape index (κ1) is 17.1. The summed E-state index contributed by atoms with van der Waals surface area (Å²) < 4.78 is 50.5. The first-order valence-electron chi connectivity index (χ1n) is 6.13. The van der Waals surface area contributed by atoms with Crippen LogP contribution in [0.15, 0.2) is 18.2 Å². The Labute approximate surface area is 120 Å². The molecular weight excluding hydrogens is 289 g/mol. The smallest absolute Gasteiger partial charge is 0.411 e. The van der Waals surface area contributed by atoms with Gasteiger partial charge in [-0.3, -0.25) is 5.41 Å². The molecule has 1 aromatic carbocycles. The molecule has 5 nitrogen and oxygen atoms in total. The Balaban J connectivity index is 2.40. The first-order chi connectivity index (χ1) is 9.83. The molecule has 1 aromatic rings. The summed E-state index contributed by atoms with van der Waals surface area (Å²) in [5.74, 6) is 0.734. The van der Waals surface area contributed by atoms with Crippen LogP contribution in [-0.4, -0.2) is 38.9 Å². The predicted octanol–water partition coefficient (Wildman–Crippen LogP) is 2.33. The highest BCUT2D eigenvalue weighted by Crippen LogP contribution is 2.28. The lowest BCUT2D eigenvalue weighted by molar-refractivity contribution is -0.174. The van der Waals surface area contributed by atoms with Crippen molar-refractivity contribution in [3.05, 3.63) is 23.8 Å². The van der Waals surface area contributed by atoms with Crippen LogP contribution in [0.2, 0.25) is 0 Å². The van der Waals surface area contributed by atoms with Crippen molar-refractivity contribution in [1.29, 1.82) is 5.41 Å². The quantitative estimate of drug-likeness (QED) is 0.439. The molecule has 1 rings (SSSR count). The molecule has 0 aliphatic heterocycles. The van der Waals surface area contributed by atoms with E-state index in [0.29, 0.717) is 23.5 Å². The maximum atomic E-state index is 11.8. The third-order valence-corrected chi connectivity index (χ3v) is 2.43. The van der Waals surface area contributed by atoms with Crippen LogP contribution in [0.5, 0.6) is 11.5 Å². The summed E-state index contributed by atoms with van der Waals surface area (Å²) in [5, 5.41) is 7.32. The second-order valence-electron chi connectivity index (χ2n) is 4.15. The second kappa shape index (κ2) is 7.72. The largest absolute Gasteiger partial charge is 0.493 e. The average molecular weight is 306 g/mol. The van der Waals surface area contributed by atoms with Gasteiger partial charge in [0, 0.05) is 12.0 Å². The molecular formula is C13H17F3N2O3. The standard InChI is InChI=1S/C13H17F3N2O3/c1-19-11-7-9(12(17)18)3-4-10(11)21-6-2-5-20-8-13(14,15)16/h3-4,7H,2,5-6,8H2,1H3,(H3,17,18). The Morgan fingerprint density at radius 2 is 1.95 bits per heavy atom. The molecule has 21 heavy (non-hydrogen) atoms. The van der Waals surface area contributed by atoms with Crippen molar-refractivity contribution >= 4 is 5.84 Å². The van der Waals surface area contributed by atoms with E-state index in [1.807, 2.05) is 0 Å². The highest BCUT2D eigenvalue weighted by Gasteiger charge is 2.27. The van der Waals surface area contributed by atoms with Gasteiger partial charge >= 0.3 is 6.18 Å². The fourth-order valence-corrected chi connectivity index (χ4v) is 1.49. The molecule has 0 aromatic heterocycles. The normalized spacial score (nSPS) is 11.2. The van der Waals surface area contributed by atoms with E-state index in [0.717, 1.165) is 0 Å². The Morgan fingerprint density at radius 1 is 1.24 bits per heavy atom. The number of hydrogen-bond donors (Lipinski definition) is 2. The molecule has 0 bridgehead atoms. The number of ether oxygens (including phenoxy) is 3. The summed E-state index contributed by atoms with van der Waals surface area (Å²) in [5.41, 5.74) is 5.85. The first-order valence-corrected chi connectivity index (χ1v) is 6.13. The number of amidine groups is 1. The van der Waals surface area contributed by atoms with Crippen molar-refractivity contribution in [3.63, 3.8) is 0 Å². The molecule has 0 heterocycles. The van der Waals surface area contributed by atoms with Crippen LogP contribution >= 0.6 is 0 Å². The molecule has 0 saturated heterocycles. The van der Waals surface area contributed by atoms with Gasteiger partial charge in [0.25, 0.3) is 0 Å². The van der Waals surface area contributed by atoms with Crippen molar-refractivity contribution in [3.8, 4) is 11.5 Å². The Bertz CT molecular complexity index is 478. The number of halogens is 3. The van der Waals surface area contributed by atoms with Crippen molar-refractivity contribution in [1.82, 2.24) is 0 Å². The van der Waals surface area contributed by atoms with E-state index >= 15 is 0 Å². The van der Waals surface area contributed by atoms with Crippen LogP contribution in [0, 0.1) is 5.41 Å². The van der Waals surface area contributed by atoms with Crippen LogP contribution in [-0.2, 0) is 4.74 Å². The third-order valence-electron chi connectivity index (χ3n) is 2.43. The van der Waals surface area contributed by atoms with Gasteiger partial charge in [-0.15, -0.1) is 0 Å². The van der Waals surface area contributed by atoms with Gasteiger partial charge in [-0.1, -0.05) is 0 Å². The molecule has 0 unspecified atom stereocenters. The van der Waals surface area contributed by atoms with Crippen LogP contribution in [0.3, 0.4) is 0 Å². The fraction of sp³-hybridized carbons (Fsp3) is 0.462. The summed E-state index contributed by atoms with van der Waals surface area (Å²) >= 11 is 0. The van der Waals surface area contributed by atoms with Crippen LogP contribution in [0.4, 0.5) is 13.2 Å². The number of rotatable bonds is 8. The zero-order chi connectivity index (χ0) is 15.9. The van der Waals surface area contributed by atoms with Gasteiger partial charge in [-0.05, 0) is 18.2 Å². The number of nitrogens with two attached hydrogens (primary N) is 1. The highest BCUT2D eigenvalue weighted by molar-refractivity contribution is 5.95. The average Bonchev–Trinajstić information content (AvgIpc) is 2.41. The maximum Gasteiger partial charge on any atom is 0.411 e. The molecule has 0 atom stereocenters. The van der Waals surface area contributed by atoms with Crippen molar-refractivity contribution in [2.75, 3.05) is 26.9 Å². The lowest BCUT2D eigenvalue weighted by Crippen LogP contribution is -2.18. The number of nitrogens with one attached hydrogen (secondary N) is 1. The van der Waals surface area contributed by atoms with E-state index in [-0.39, 0.29) is 19.0 Å². The van der Waals surface area contributed by atoms with Gasteiger partial charge in [-0.25, -0.2) is 0 Å². The van der Waals surface area contributed by atoms with Crippen molar-refractivity contribution in [2.45, 2.75) is 12.6 Å². The van der Waals surface area contributed by atoms with Gasteiger partial charge in [-0.2, -0.15) is 13.2 Å². The Hall–Kier alpha value is -1.96. The lowest BCUT2D eigenvalue weighted by Gasteiger charge is -2.12. The second-order valence-corrected chi connectivity index (χ2v) is 4.15. The van der Waals surface area contributed by atoms with Gasteiger partial charge < -0.3 is 19.9 Å². The zero-order valence-corrected chi connectivity index (χ0v) is 11.5. The van der Waals surface area contributed by atoms with Crippen LogP contribution in [0.25, 0.3) is 0 Å². The number of nitrogen functional groups attached to an aromatic ring is 1. The minimum Gasteiger partial charge on any atom is -0.493 e. The Kier molecular flexibility index (Phi) is 6.29. The molecule has 3 N–H and O–H groups in total. The van der Waals surface area contributed by atoms with Crippen LogP contribution < -0.4 is 15.2 Å². The number of alkyl halides is 3. The summed E-state index contributed by atoms with van der Waals surface area (Å²) in [4.78, 5) is 0. The zero-order valence-electron chi connectivity index (χ0n) is 11.5. The summed E-state index contributed by atoms with van der Waals surface area (Å²) in [6.07, 6.45) is -4.00. The molecule has 0 aliphatic rings. The van der Waals surface area contributed by atoms with E-state index in [4.69, 9.17) is 20.6 Å². The monoisotopic (exact) mass is 306 g/mol. The van der Waals surface area contributed by atoms with Crippen LogP contribution in [0.1, 0.15) is 12.0 Å². The minimum atomic E-state index is -4.31. The summed E-state index contributed by atoms with van der Waals surface area (Å²) in [6.45, 7) is -1.12. The van der Waals surface area contributed by atoms with Gasteiger partial charge in [0.15, 0.2) is 11.5 Å². The third kappa shape index (κ3) is 6.35. The molecule has 0 spiro atoms. The van der Waals surface area contributed by atoms with E-state index in [9.17, 15) is 13.2 Å². The van der Waals surface area contributed by atoms with Gasteiger partial charge in [0.05, 0.1) is 20.3 Å². The molecule has 118 valence electrons. The molecule has 0 radical (unpaired) electrons. The molecule has 0 saturated carbocycles. The molecule has 0 aliphatic carbocycles. The summed E-state index contributed by atoms with van der Waals surface area (Å²) in [7, 11) is 1.44. The van der Waals surface area contributed by atoms with Crippen molar-refractivity contribution in [2.24, 2.45) is 5.73 Å². The molecule has 0 amide bonds. The van der Waals surface area contributed by atoms with Gasteiger partial charge in [0.2, 0.25) is 0 Å². The van der Waals surface area contributed by atoms with E-state index in [1.165, 1.54) is 7.11 Å². The lowest BCUT2D eigenvalue weighted by atomic mass is 10.2. The van der Waals surface area contributed by atoms with E-state index in [1.54, 1.807) is 18.2 Å². The minimum absolute atomic E-state index is 0.0483. The Morgan fingerprint density at radius 3 is 2.52 bits per heavy atom. The topological polar surface area (TPSA) is 77.6 Å². The number of hydrogen-bond acceptors (Lipinski definition) is 4. The summed E-state index contributed by atoms with van der Waals surface area (Å²) in [6, 6.07) is 4.74. The predicted molar refractivity (Wildman–Crippen MR) is 71.0 cm³/mol. The SMILES string of the molecule is COc1cc(C(=N)N)ccc1OCCCOCC(F)(F)F. The number of methoxy groups -OCH3 is 1. The van der Waals surface area contributed by atoms with Crippen molar-refractivity contribution < 1.29 is 27.4 Å². The van der Waals surface area contributed by atoms with E-state index in [2.05, 4.69) is 4.74 Å².